The number of rotatable bonds is 7. The van der Waals surface area contributed by atoms with E-state index in [2.05, 4.69) is 48.4 Å². The van der Waals surface area contributed by atoms with E-state index in [1.165, 1.54) is 5.56 Å². The highest BCUT2D eigenvalue weighted by Crippen LogP contribution is 2.20. The van der Waals surface area contributed by atoms with E-state index >= 15 is 0 Å². The molecule has 1 heterocycles. The first-order valence-corrected chi connectivity index (χ1v) is 10.1. The molecule has 0 aliphatic rings. The largest absolute Gasteiger partial charge is 0.334 e. The molecule has 5 nitrogen and oxygen atoms in total. The molecule has 2 aromatic carbocycles. The second-order valence-corrected chi connectivity index (χ2v) is 7.46. The summed E-state index contributed by atoms with van der Waals surface area (Å²) in [5.74, 6) is 0.858. The van der Waals surface area contributed by atoms with Gasteiger partial charge in [-0.05, 0) is 71.6 Å². The predicted octanol–water partition coefficient (Wildman–Crippen LogP) is 5.43. The van der Waals surface area contributed by atoms with Gasteiger partial charge in [0.2, 0.25) is 0 Å². The minimum Gasteiger partial charge on any atom is -0.334 e. The number of amides is 2. The predicted molar refractivity (Wildman–Crippen MR) is 116 cm³/mol. The number of carbonyl (C=O) groups is 1. The zero-order valence-corrected chi connectivity index (χ0v) is 16.9. The molecule has 7 heteroatoms. The number of carbonyl (C=O) groups excluding carboxylic acids is 1. The van der Waals surface area contributed by atoms with Crippen LogP contribution in [0.1, 0.15) is 11.1 Å². The maximum Gasteiger partial charge on any atom is 0.319 e. The van der Waals surface area contributed by atoms with Crippen LogP contribution in [0.5, 0.6) is 0 Å². The van der Waals surface area contributed by atoms with Crippen molar-refractivity contribution in [1.82, 2.24) is 10.3 Å². The molecule has 0 bridgehead atoms. The van der Waals surface area contributed by atoms with Gasteiger partial charge in [0.25, 0.3) is 0 Å². The highest BCUT2D eigenvalue weighted by Gasteiger charge is 2.02. The van der Waals surface area contributed by atoms with E-state index in [1.54, 1.807) is 24.3 Å². The Balaban J connectivity index is 1.42. The first-order valence-electron chi connectivity index (χ1n) is 8.35. The molecular weight excluding hydrogens is 424 g/mol. The van der Waals surface area contributed by atoms with Crippen molar-refractivity contribution in [2.75, 3.05) is 10.0 Å². The number of nitrogens with zero attached hydrogens (tertiary/aromatic N) is 1. The molecule has 0 saturated heterocycles. The van der Waals surface area contributed by atoms with E-state index in [0.29, 0.717) is 6.54 Å². The topological polar surface area (TPSA) is 66.0 Å². The Hall–Kier alpha value is -2.51. The Morgan fingerprint density at radius 3 is 2.44 bits per heavy atom. The van der Waals surface area contributed by atoms with Gasteiger partial charge in [-0.15, -0.1) is 0 Å². The summed E-state index contributed by atoms with van der Waals surface area (Å²) >= 11 is 5.10. The standard InChI is InChI=1S/C20H19BrN4OS/c21-17-3-1-2-16(12-17)14-27-25-19-6-4-18(5-7-19)24-20(26)23-13-15-8-10-22-11-9-15/h1-12,25H,13-14H2,(H2,23,24,26). The third-order valence-electron chi connectivity index (χ3n) is 3.66. The van der Waals surface area contributed by atoms with Crippen LogP contribution in [0.25, 0.3) is 0 Å². The van der Waals surface area contributed by atoms with Crippen molar-refractivity contribution >= 4 is 45.3 Å². The van der Waals surface area contributed by atoms with Gasteiger partial charge < -0.3 is 15.4 Å². The molecule has 0 spiro atoms. The Morgan fingerprint density at radius 2 is 1.70 bits per heavy atom. The lowest BCUT2D eigenvalue weighted by molar-refractivity contribution is 0.251. The van der Waals surface area contributed by atoms with Crippen molar-refractivity contribution in [3.05, 3.63) is 88.7 Å². The van der Waals surface area contributed by atoms with Gasteiger partial charge in [-0.1, -0.05) is 28.1 Å². The summed E-state index contributed by atoms with van der Waals surface area (Å²) in [6.07, 6.45) is 3.41. The lowest BCUT2D eigenvalue weighted by Crippen LogP contribution is -2.28. The molecule has 0 aliphatic heterocycles. The average molecular weight is 443 g/mol. The first-order chi connectivity index (χ1) is 13.2. The van der Waals surface area contributed by atoms with Crippen LogP contribution < -0.4 is 15.4 Å². The van der Waals surface area contributed by atoms with Crippen LogP contribution in [0.2, 0.25) is 0 Å². The minimum absolute atomic E-state index is 0.239. The van der Waals surface area contributed by atoms with E-state index < -0.39 is 0 Å². The quantitative estimate of drug-likeness (QED) is 0.427. The lowest BCUT2D eigenvalue weighted by Gasteiger charge is -2.09. The fourth-order valence-electron chi connectivity index (χ4n) is 2.31. The average Bonchev–Trinajstić information content (AvgIpc) is 2.69. The zero-order chi connectivity index (χ0) is 18.9. The van der Waals surface area contributed by atoms with Crippen molar-refractivity contribution in [3.8, 4) is 0 Å². The summed E-state index contributed by atoms with van der Waals surface area (Å²) in [6, 6.07) is 19.3. The SMILES string of the molecule is O=C(NCc1ccncc1)Nc1ccc(NSCc2cccc(Br)c2)cc1. The molecule has 0 fully saturated rings. The molecule has 138 valence electrons. The lowest BCUT2D eigenvalue weighted by atomic mass is 10.2. The molecule has 27 heavy (non-hydrogen) atoms. The second kappa shape index (κ2) is 9.99. The number of urea groups is 1. The van der Waals surface area contributed by atoms with Crippen molar-refractivity contribution in [1.29, 1.82) is 0 Å². The van der Waals surface area contributed by atoms with Gasteiger partial charge in [-0.25, -0.2) is 4.79 Å². The van der Waals surface area contributed by atoms with Crippen molar-refractivity contribution in [2.45, 2.75) is 12.3 Å². The number of benzene rings is 2. The van der Waals surface area contributed by atoms with Gasteiger partial charge in [-0.2, -0.15) is 0 Å². The molecular formula is C20H19BrN4OS. The van der Waals surface area contributed by atoms with Crippen LogP contribution in [0.4, 0.5) is 16.2 Å². The Bertz CT molecular complexity index is 875. The summed E-state index contributed by atoms with van der Waals surface area (Å²) in [5, 5.41) is 5.64. The molecule has 3 N–H and O–H groups in total. The van der Waals surface area contributed by atoms with Crippen LogP contribution in [-0.2, 0) is 12.3 Å². The van der Waals surface area contributed by atoms with Crippen molar-refractivity contribution in [3.63, 3.8) is 0 Å². The van der Waals surface area contributed by atoms with Crippen LogP contribution in [0.3, 0.4) is 0 Å². The van der Waals surface area contributed by atoms with Gasteiger partial charge in [0.15, 0.2) is 0 Å². The van der Waals surface area contributed by atoms with Gasteiger partial charge in [0.1, 0.15) is 0 Å². The summed E-state index contributed by atoms with van der Waals surface area (Å²) in [4.78, 5) is 15.9. The van der Waals surface area contributed by atoms with E-state index in [-0.39, 0.29) is 6.03 Å². The Labute approximate surface area is 171 Å². The van der Waals surface area contributed by atoms with Crippen LogP contribution in [-0.4, -0.2) is 11.0 Å². The van der Waals surface area contributed by atoms with E-state index in [4.69, 9.17) is 0 Å². The number of hydrogen-bond acceptors (Lipinski definition) is 4. The van der Waals surface area contributed by atoms with Crippen LogP contribution in [0.15, 0.2) is 77.5 Å². The molecule has 0 atom stereocenters. The van der Waals surface area contributed by atoms with Gasteiger partial charge in [0.05, 0.1) is 0 Å². The number of nitrogens with one attached hydrogen (secondary N) is 3. The molecule has 3 rings (SSSR count). The molecule has 0 saturated carbocycles. The maximum absolute atomic E-state index is 12.0. The highest BCUT2D eigenvalue weighted by molar-refractivity contribution is 9.10. The summed E-state index contributed by atoms with van der Waals surface area (Å²) in [7, 11) is 0. The number of aromatic nitrogens is 1. The fraction of sp³-hybridized carbons (Fsp3) is 0.100. The summed E-state index contributed by atoms with van der Waals surface area (Å²) < 4.78 is 4.39. The first kappa shape index (κ1) is 19.3. The monoisotopic (exact) mass is 442 g/mol. The van der Waals surface area contributed by atoms with Gasteiger partial charge in [0, 0.05) is 40.5 Å². The molecule has 0 radical (unpaired) electrons. The number of halogens is 1. The van der Waals surface area contributed by atoms with E-state index in [9.17, 15) is 4.79 Å². The van der Waals surface area contributed by atoms with Gasteiger partial charge in [-0.3, -0.25) is 4.98 Å². The third kappa shape index (κ3) is 6.62. The van der Waals surface area contributed by atoms with Crippen molar-refractivity contribution < 1.29 is 4.79 Å². The molecule has 2 amide bonds. The highest BCUT2D eigenvalue weighted by atomic mass is 79.9. The van der Waals surface area contributed by atoms with Crippen molar-refractivity contribution in [2.24, 2.45) is 0 Å². The molecule has 1 aromatic heterocycles. The number of pyridine rings is 1. The minimum atomic E-state index is -0.239. The van der Waals surface area contributed by atoms with Gasteiger partial charge >= 0.3 is 6.03 Å². The smallest absolute Gasteiger partial charge is 0.319 e. The van der Waals surface area contributed by atoms with E-state index in [0.717, 1.165) is 27.2 Å². The van der Waals surface area contributed by atoms with Crippen LogP contribution >= 0.6 is 27.9 Å². The fourth-order valence-corrected chi connectivity index (χ4v) is 3.48. The summed E-state index contributed by atoms with van der Waals surface area (Å²) in [5.41, 5.74) is 3.97. The Kier molecular flexibility index (Phi) is 7.12. The third-order valence-corrected chi connectivity index (χ3v) is 5.01. The number of hydrogen-bond donors (Lipinski definition) is 3. The zero-order valence-electron chi connectivity index (χ0n) is 14.5. The molecule has 0 unspecified atom stereocenters. The summed E-state index contributed by atoms with van der Waals surface area (Å²) in [6.45, 7) is 0.459. The maximum atomic E-state index is 12.0. The molecule has 0 aliphatic carbocycles. The normalized spacial score (nSPS) is 10.3. The number of anilines is 2. The Morgan fingerprint density at radius 1 is 0.963 bits per heavy atom. The van der Waals surface area contributed by atoms with E-state index in [1.807, 2.05) is 48.5 Å². The van der Waals surface area contributed by atoms with Crippen LogP contribution in [0, 0.1) is 0 Å². The molecule has 3 aromatic rings. The second-order valence-electron chi connectivity index (χ2n) is 5.76.